The van der Waals surface area contributed by atoms with Crippen LogP contribution in [0.3, 0.4) is 0 Å². The molecule has 2 rings (SSSR count). The molecule has 1 aromatic rings. The van der Waals surface area contributed by atoms with Crippen LogP contribution in [0.15, 0.2) is 24.3 Å². The first kappa shape index (κ1) is 25.7. The van der Waals surface area contributed by atoms with Crippen molar-refractivity contribution in [2.24, 2.45) is 5.92 Å². The predicted molar refractivity (Wildman–Crippen MR) is 125 cm³/mol. The average molecular weight is 446 g/mol. The molecule has 1 aromatic carbocycles. The lowest BCUT2D eigenvalue weighted by atomic mass is 9.96. The van der Waals surface area contributed by atoms with Gasteiger partial charge in [0.1, 0.15) is 17.7 Å². The van der Waals surface area contributed by atoms with Crippen LogP contribution in [0.4, 0.5) is 4.79 Å². The van der Waals surface area contributed by atoms with Gasteiger partial charge in [-0.1, -0.05) is 38.1 Å². The molecule has 0 aliphatic heterocycles. The molecule has 0 aromatic heterocycles. The Hall–Kier alpha value is -2.57. The standard InChI is InChI=1S/C25H39N3O4/c1-15(2)20(27-24(31)32-25(6,7)8)23(30)28(18-13-14-18)21(22(29)26-16(3)4)19-12-10-9-11-17(19)5/h9-12,15-16,18,20-21H,13-14H2,1-8H3,(H,26,29)(H,27,31). The van der Waals surface area contributed by atoms with Crippen LogP contribution in [0.2, 0.25) is 0 Å². The molecule has 1 saturated carbocycles. The molecule has 178 valence electrons. The maximum absolute atomic E-state index is 13.9. The SMILES string of the molecule is Cc1ccccc1C(C(=O)NC(C)C)N(C(=O)C(NC(=O)OC(C)(C)C)C(C)C)C1CC1. The van der Waals surface area contributed by atoms with E-state index >= 15 is 0 Å². The third-order valence-electron chi connectivity index (χ3n) is 5.24. The number of carbonyl (C=O) groups excluding carboxylic acids is 3. The van der Waals surface area contributed by atoms with Gasteiger partial charge in [-0.3, -0.25) is 9.59 Å². The lowest BCUT2D eigenvalue weighted by Crippen LogP contribution is -2.56. The molecule has 2 unspecified atom stereocenters. The van der Waals surface area contributed by atoms with E-state index in [1.54, 1.807) is 25.7 Å². The quantitative estimate of drug-likeness (QED) is 0.631. The molecule has 32 heavy (non-hydrogen) atoms. The normalized spacial score (nSPS) is 15.8. The number of benzene rings is 1. The molecule has 0 bridgehead atoms. The van der Waals surface area contributed by atoms with E-state index in [4.69, 9.17) is 4.74 Å². The first-order valence-corrected chi connectivity index (χ1v) is 11.5. The van der Waals surface area contributed by atoms with E-state index in [0.29, 0.717) is 0 Å². The highest BCUT2D eigenvalue weighted by atomic mass is 16.6. The van der Waals surface area contributed by atoms with Crippen molar-refractivity contribution in [3.63, 3.8) is 0 Å². The second-order valence-corrected chi connectivity index (χ2v) is 10.3. The van der Waals surface area contributed by atoms with Crippen LogP contribution in [-0.2, 0) is 14.3 Å². The zero-order chi connectivity index (χ0) is 24.2. The van der Waals surface area contributed by atoms with Gasteiger partial charge in [0.25, 0.3) is 0 Å². The van der Waals surface area contributed by atoms with Crippen LogP contribution in [0.25, 0.3) is 0 Å². The number of aryl methyl sites for hydroxylation is 1. The Morgan fingerprint density at radius 3 is 2.09 bits per heavy atom. The maximum Gasteiger partial charge on any atom is 0.408 e. The van der Waals surface area contributed by atoms with Crippen molar-refractivity contribution >= 4 is 17.9 Å². The molecule has 1 fully saturated rings. The summed E-state index contributed by atoms with van der Waals surface area (Å²) in [4.78, 5) is 41.4. The molecular formula is C25H39N3O4. The minimum Gasteiger partial charge on any atom is -0.444 e. The highest BCUT2D eigenvalue weighted by Gasteiger charge is 2.45. The first-order valence-electron chi connectivity index (χ1n) is 11.5. The fraction of sp³-hybridized carbons (Fsp3) is 0.640. The molecule has 0 radical (unpaired) electrons. The minimum absolute atomic E-state index is 0.0355. The molecule has 7 heteroatoms. The van der Waals surface area contributed by atoms with E-state index in [1.165, 1.54) is 0 Å². The van der Waals surface area contributed by atoms with Crippen molar-refractivity contribution in [2.75, 3.05) is 0 Å². The van der Waals surface area contributed by atoms with Gasteiger partial charge < -0.3 is 20.3 Å². The summed E-state index contributed by atoms with van der Waals surface area (Å²) in [6.45, 7) is 14.8. The number of carbonyl (C=O) groups is 3. The molecule has 1 aliphatic carbocycles. The second kappa shape index (κ2) is 10.4. The highest BCUT2D eigenvalue weighted by molar-refractivity contribution is 5.93. The fourth-order valence-electron chi connectivity index (χ4n) is 3.65. The van der Waals surface area contributed by atoms with Crippen molar-refractivity contribution in [3.05, 3.63) is 35.4 Å². The van der Waals surface area contributed by atoms with E-state index in [-0.39, 0.29) is 29.8 Å². The Kier molecular flexibility index (Phi) is 8.32. The summed E-state index contributed by atoms with van der Waals surface area (Å²) in [6, 6.07) is 5.97. The second-order valence-electron chi connectivity index (χ2n) is 10.3. The zero-order valence-corrected chi connectivity index (χ0v) is 20.7. The number of ether oxygens (including phenoxy) is 1. The van der Waals surface area contributed by atoms with Gasteiger partial charge in [-0.15, -0.1) is 0 Å². The third kappa shape index (κ3) is 6.97. The topological polar surface area (TPSA) is 87.7 Å². The number of hydrogen-bond donors (Lipinski definition) is 2. The zero-order valence-electron chi connectivity index (χ0n) is 20.7. The summed E-state index contributed by atoms with van der Waals surface area (Å²) >= 11 is 0. The Balaban J connectivity index is 2.43. The maximum atomic E-state index is 13.9. The molecule has 7 nitrogen and oxygen atoms in total. The van der Waals surface area contributed by atoms with Crippen LogP contribution in [0.1, 0.15) is 78.5 Å². The highest BCUT2D eigenvalue weighted by Crippen LogP contribution is 2.37. The van der Waals surface area contributed by atoms with Gasteiger partial charge in [-0.25, -0.2) is 4.79 Å². The van der Waals surface area contributed by atoms with Crippen molar-refractivity contribution in [1.82, 2.24) is 15.5 Å². The molecule has 0 saturated heterocycles. The van der Waals surface area contributed by atoms with Crippen molar-refractivity contribution in [2.45, 2.75) is 98.0 Å². The Bertz CT molecular complexity index is 825. The van der Waals surface area contributed by atoms with Crippen molar-refractivity contribution in [3.8, 4) is 0 Å². The fourth-order valence-corrected chi connectivity index (χ4v) is 3.65. The summed E-state index contributed by atoms with van der Waals surface area (Å²) in [5.41, 5.74) is 1.06. The Morgan fingerprint density at radius 1 is 1.03 bits per heavy atom. The lowest BCUT2D eigenvalue weighted by Gasteiger charge is -2.36. The Morgan fingerprint density at radius 2 is 1.62 bits per heavy atom. The van der Waals surface area contributed by atoms with E-state index < -0.39 is 23.8 Å². The smallest absolute Gasteiger partial charge is 0.408 e. The van der Waals surface area contributed by atoms with Gasteiger partial charge >= 0.3 is 6.09 Å². The average Bonchev–Trinajstić information content (AvgIpc) is 3.47. The van der Waals surface area contributed by atoms with Gasteiger partial charge in [-0.2, -0.15) is 0 Å². The molecule has 2 N–H and O–H groups in total. The number of alkyl carbamates (subject to hydrolysis) is 1. The summed E-state index contributed by atoms with van der Waals surface area (Å²) in [6.07, 6.45) is 1.03. The van der Waals surface area contributed by atoms with Crippen molar-refractivity contribution < 1.29 is 19.1 Å². The van der Waals surface area contributed by atoms with E-state index in [1.807, 2.05) is 58.9 Å². The van der Waals surface area contributed by atoms with Crippen LogP contribution >= 0.6 is 0 Å². The summed E-state index contributed by atoms with van der Waals surface area (Å²) in [7, 11) is 0. The molecule has 2 atom stereocenters. The van der Waals surface area contributed by atoms with Crippen LogP contribution in [0.5, 0.6) is 0 Å². The van der Waals surface area contributed by atoms with E-state index in [2.05, 4.69) is 10.6 Å². The molecule has 3 amide bonds. The number of nitrogens with zero attached hydrogens (tertiary/aromatic N) is 1. The van der Waals surface area contributed by atoms with E-state index in [9.17, 15) is 14.4 Å². The molecule has 1 aliphatic rings. The van der Waals surface area contributed by atoms with Gasteiger partial charge in [0, 0.05) is 12.1 Å². The summed E-state index contributed by atoms with van der Waals surface area (Å²) in [5.74, 6) is -0.656. The number of nitrogens with one attached hydrogen (secondary N) is 2. The summed E-state index contributed by atoms with van der Waals surface area (Å²) in [5, 5.41) is 5.73. The van der Waals surface area contributed by atoms with Crippen LogP contribution in [0, 0.1) is 12.8 Å². The first-order chi connectivity index (χ1) is 14.8. The van der Waals surface area contributed by atoms with Crippen LogP contribution < -0.4 is 10.6 Å². The third-order valence-corrected chi connectivity index (χ3v) is 5.24. The lowest BCUT2D eigenvalue weighted by molar-refractivity contribution is -0.144. The van der Waals surface area contributed by atoms with Gasteiger partial charge in [0.2, 0.25) is 11.8 Å². The van der Waals surface area contributed by atoms with Gasteiger partial charge in [0.05, 0.1) is 0 Å². The molecular weight excluding hydrogens is 406 g/mol. The van der Waals surface area contributed by atoms with Gasteiger partial charge in [-0.05, 0) is 71.4 Å². The number of hydrogen-bond acceptors (Lipinski definition) is 4. The predicted octanol–water partition coefficient (Wildman–Crippen LogP) is 4.10. The largest absolute Gasteiger partial charge is 0.444 e. The Labute approximate surface area is 192 Å². The number of rotatable bonds is 8. The minimum atomic E-state index is -0.802. The number of amides is 3. The van der Waals surface area contributed by atoms with Gasteiger partial charge in [0.15, 0.2) is 0 Å². The summed E-state index contributed by atoms with van der Waals surface area (Å²) < 4.78 is 5.39. The van der Waals surface area contributed by atoms with Crippen molar-refractivity contribution in [1.29, 1.82) is 0 Å². The molecule has 0 heterocycles. The monoisotopic (exact) mass is 445 g/mol. The molecule has 0 spiro atoms. The van der Waals surface area contributed by atoms with E-state index in [0.717, 1.165) is 24.0 Å². The van der Waals surface area contributed by atoms with Crippen LogP contribution in [-0.4, -0.2) is 46.5 Å².